The molecule has 0 saturated heterocycles. The summed E-state index contributed by atoms with van der Waals surface area (Å²) >= 11 is 0. The summed E-state index contributed by atoms with van der Waals surface area (Å²) in [5.41, 5.74) is -1.53. The summed E-state index contributed by atoms with van der Waals surface area (Å²) in [7, 11) is 0. The highest BCUT2D eigenvalue weighted by molar-refractivity contribution is 5.40. The number of nitrogens with zero attached hydrogens (tertiary/aromatic N) is 1. The molecule has 1 N–H and O–H groups in total. The lowest BCUT2D eigenvalue weighted by Gasteiger charge is -2.30. The zero-order chi connectivity index (χ0) is 22.5. The number of alkyl halides is 3. The van der Waals surface area contributed by atoms with Crippen molar-refractivity contribution in [2.45, 2.75) is 64.9 Å². The maximum absolute atomic E-state index is 13.1. The highest BCUT2D eigenvalue weighted by atomic mass is 19.4. The van der Waals surface area contributed by atoms with Gasteiger partial charge < -0.3 is 9.84 Å². The molecule has 30 heavy (non-hydrogen) atoms. The Morgan fingerprint density at radius 2 is 1.47 bits per heavy atom. The van der Waals surface area contributed by atoms with Crippen molar-refractivity contribution in [3.63, 3.8) is 0 Å². The summed E-state index contributed by atoms with van der Waals surface area (Å²) in [4.78, 5) is 2.33. The second kappa shape index (κ2) is 9.84. The van der Waals surface area contributed by atoms with Crippen molar-refractivity contribution < 1.29 is 23.0 Å². The molecule has 2 aromatic carbocycles. The number of hydrogen-bond acceptors (Lipinski definition) is 3. The van der Waals surface area contributed by atoms with Gasteiger partial charge in [0.05, 0.1) is 5.56 Å². The van der Waals surface area contributed by atoms with E-state index in [2.05, 4.69) is 32.6 Å². The lowest BCUT2D eigenvalue weighted by atomic mass is 9.83. The number of aliphatic hydroxyl groups is 1. The van der Waals surface area contributed by atoms with Gasteiger partial charge in [0.25, 0.3) is 0 Å². The van der Waals surface area contributed by atoms with E-state index < -0.39 is 17.3 Å². The van der Waals surface area contributed by atoms with Gasteiger partial charge in [-0.15, -0.1) is 0 Å². The predicted molar refractivity (Wildman–Crippen MR) is 114 cm³/mol. The standard InChI is InChI=1S/C24H32F3NO2/c1-6-23(29,20-8-7-9-21(16-20)24(25,26)27)19-10-12-22(13-11-19)30-15-14-28(17(2)3)18(4)5/h7-13,16-18,29H,6,14-15H2,1-5H3. The van der Waals surface area contributed by atoms with E-state index in [1.807, 2.05) is 0 Å². The Morgan fingerprint density at radius 1 is 0.900 bits per heavy atom. The van der Waals surface area contributed by atoms with Crippen LogP contribution in [0.5, 0.6) is 5.75 Å². The molecule has 0 aliphatic heterocycles. The highest BCUT2D eigenvalue weighted by Crippen LogP contribution is 2.37. The summed E-state index contributed by atoms with van der Waals surface area (Å²) in [5.74, 6) is 0.661. The van der Waals surface area contributed by atoms with Crippen molar-refractivity contribution in [3.8, 4) is 5.75 Å². The van der Waals surface area contributed by atoms with Crippen LogP contribution in [0.2, 0.25) is 0 Å². The van der Waals surface area contributed by atoms with E-state index in [9.17, 15) is 18.3 Å². The molecule has 2 aromatic rings. The molecule has 0 spiro atoms. The van der Waals surface area contributed by atoms with Crippen LogP contribution < -0.4 is 4.74 Å². The van der Waals surface area contributed by atoms with E-state index in [0.29, 0.717) is 30.0 Å². The number of rotatable bonds is 9. The summed E-state index contributed by atoms with van der Waals surface area (Å²) in [6.07, 6.45) is -4.21. The fraction of sp³-hybridized carbons (Fsp3) is 0.500. The zero-order valence-electron chi connectivity index (χ0n) is 18.3. The first-order chi connectivity index (χ1) is 14.0. The summed E-state index contributed by atoms with van der Waals surface area (Å²) < 4.78 is 45.1. The predicted octanol–water partition coefficient (Wildman–Crippen LogP) is 5.85. The average molecular weight is 424 g/mol. The minimum atomic E-state index is -4.46. The zero-order valence-corrected chi connectivity index (χ0v) is 18.3. The molecule has 0 amide bonds. The van der Waals surface area contributed by atoms with Gasteiger partial charge >= 0.3 is 6.18 Å². The summed E-state index contributed by atoms with van der Waals surface area (Å²) in [6, 6.07) is 12.6. The smallest absolute Gasteiger partial charge is 0.416 e. The third-order valence-corrected chi connectivity index (χ3v) is 5.46. The fourth-order valence-electron chi connectivity index (χ4n) is 3.74. The normalized spacial score (nSPS) is 14.4. The Labute approximate surface area is 177 Å². The number of hydrogen-bond donors (Lipinski definition) is 1. The number of halogens is 3. The van der Waals surface area contributed by atoms with Gasteiger partial charge in [0.15, 0.2) is 0 Å². The fourth-order valence-corrected chi connectivity index (χ4v) is 3.74. The van der Waals surface area contributed by atoms with Crippen LogP contribution in [0.4, 0.5) is 13.2 Å². The number of benzene rings is 2. The van der Waals surface area contributed by atoms with Gasteiger partial charge in [-0.25, -0.2) is 0 Å². The van der Waals surface area contributed by atoms with Gasteiger partial charge in [-0.05, 0) is 69.5 Å². The summed E-state index contributed by atoms with van der Waals surface area (Å²) in [5, 5.41) is 11.2. The molecule has 0 aliphatic rings. The minimum Gasteiger partial charge on any atom is -0.492 e. The van der Waals surface area contributed by atoms with E-state index in [1.165, 1.54) is 12.1 Å². The molecule has 0 radical (unpaired) electrons. The maximum Gasteiger partial charge on any atom is 0.416 e. The quantitative estimate of drug-likeness (QED) is 0.549. The molecule has 166 valence electrons. The van der Waals surface area contributed by atoms with Crippen LogP contribution in [-0.2, 0) is 11.8 Å². The Morgan fingerprint density at radius 3 is 1.97 bits per heavy atom. The molecule has 1 atom stereocenters. The minimum absolute atomic E-state index is 0.220. The Hall–Kier alpha value is -2.05. The molecule has 1 unspecified atom stereocenters. The van der Waals surface area contributed by atoms with Crippen LogP contribution in [-0.4, -0.2) is 35.2 Å². The first kappa shape index (κ1) is 24.2. The lowest BCUT2D eigenvalue weighted by molar-refractivity contribution is -0.137. The molecule has 3 nitrogen and oxygen atoms in total. The van der Waals surface area contributed by atoms with E-state index in [4.69, 9.17) is 4.74 Å². The average Bonchev–Trinajstić information content (AvgIpc) is 2.70. The van der Waals surface area contributed by atoms with Gasteiger partial charge in [0.1, 0.15) is 18.0 Å². The first-order valence-electron chi connectivity index (χ1n) is 10.4. The van der Waals surface area contributed by atoms with Crippen LogP contribution in [0.15, 0.2) is 48.5 Å². The maximum atomic E-state index is 13.1. The van der Waals surface area contributed by atoms with Gasteiger partial charge in [-0.2, -0.15) is 13.2 Å². The Kier molecular flexibility index (Phi) is 7.94. The van der Waals surface area contributed by atoms with E-state index in [1.54, 1.807) is 31.2 Å². The molecule has 2 rings (SSSR count). The van der Waals surface area contributed by atoms with Crippen molar-refractivity contribution in [2.75, 3.05) is 13.2 Å². The second-order valence-electron chi connectivity index (χ2n) is 8.09. The van der Waals surface area contributed by atoms with Gasteiger partial charge in [-0.1, -0.05) is 31.2 Å². The molecule has 0 aromatic heterocycles. The molecule has 0 bridgehead atoms. The SMILES string of the molecule is CCC(O)(c1ccc(OCCN(C(C)C)C(C)C)cc1)c1cccc(C(F)(F)F)c1. The second-order valence-corrected chi connectivity index (χ2v) is 8.09. The molecule has 6 heteroatoms. The number of ether oxygens (including phenoxy) is 1. The highest BCUT2D eigenvalue weighted by Gasteiger charge is 2.34. The first-order valence-corrected chi connectivity index (χ1v) is 10.4. The van der Waals surface area contributed by atoms with Crippen LogP contribution in [0.1, 0.15) is 57.7 Å². The lowest BCUT2D eigenvalue weighted by Crippen LogP contribution is -2.39. The molecule has 0 aliphatic carbocycles. The third-order valence-electron chi connectivity index (χ3n) is 5.46. The van der Waals surface area contributed by atoms with Crippen molar-refractivity contribution in [1.29, 1.82) is 0 Å². The molecule has 0 saturated carbocycles. The topological polar surface area (TPSA) is 32.7 Å². The van der Waals surface area contributed by atoms with Crippen molar-refractivity contribution >= 4 is 0 Å². The van der Waals surface area contributed by atoms with Crippen molar-refractivity contribution in [3.05, 3.63) is 65.2 Å². The van der Waals surface area contributed by atoms with Crippen LogP contribution >= 0.6 is 0 Å². The third kappa shape index (κ3) is 5.76. The summed E-state index contributed by atoms with van der Waals surface area (Å²) in [6.45, 7) is 11.7. The van der Waals surface area contributed by atoms with Crippen LogP contribution in [0.25, 0.3) is 0 Å². The van der Waals surface area contributed by atoms with Crippen LogP contribution in [0, 0.1) is 0 Å². The van der Waals surface area contributed by atoms with Gasteiger partial charge in [0.2, 0.25) is 0 Å². The van der Waals surface area contributed by atoms with E-state index in [-0.39, 0.29) is 12.0 Å². The monoisotopic (exact) mass is 423 g/mol. The molecule has 0 fully saturated rings. The van der Waals surface area contributed by atoms with Crippen molar-refractivity contribution in [1.82, 2.24) is 4.90 Å². The molecule has 0 heterocycles. The van der Waals surface area contributed by atoms with Gasteiger partial charge in [0, 0.05) is 18.6 Å². The molecular formula is C24H32F3NO2. The van der Waals surface area contributed by atoms with Crippen molar-refractivity contribution in [2.24, 2.45) is 0 Å². The van der Waals surface area contributed by atoms with E-state index in [0.717, 1.165) is 18.7 Å². The Balaban J connectivity index is 2.15. The molecular weight excluding hydrogens is 391 g/mol. The van der Waals surface area contributed by atoms with E-state index >= 15 is 0 Å². The largest absolute Gasteiger partial charge is 0.492 e. The van der Waals surface area contributed by atoms with Crippen LogP contribution in [0.3, 0.4) is 0 Å². The Bertz CT molecular complexity index is 795. The van der Waals surface area contributed by atoms with Gasteiger partial charge in [-0.3, -0.25) is 4.90 Å².